The van der Waals surface area contributed by atoms with E-state index >= 15 is 0 Å². The van der Waals surface area contributed by atoms with Crippen LogP contribution in [0, 0.1) is 5.41 Å². The minimum absolute atomic E-state index is 0.0280. The lowest BCUT2D eigenvalue weighted by Gasteiger charge is -2.33. The van der Waals surface area contributed by atoms with Crippen molar-refractivity contribution in [2.75, 3.05) is 13.1 Å². The van der Waals surface area contributed by atoms with Crippen LogP contribution in [0.3, 0.4) is 0 Å². The van der Waals surface area contributed by atoms with Crippen molar-refractivity contribution < 1.29 is 9.59 Å². The molecule has 1 aromatic heterocycles. The van der Waals surface area contributed by atoms with Gasteiger partial charge in [0.1, 0.15) is 6.04 Å². The molecule has 2 heterocycles. The molecule has 4 rings (SSSR count). The smallest absolute Gasteiger partial charge is 0.289 e. The molecule has 6 nitrogen and oxygen atoms in total. The van der Waals surface area contributed by atoms with Crippen molar-refractivity contribution in [1.29, 1.82) is 0 Å². The average molecular weight is 364 g/mol. The van der Waals surface area contributed by atoms with E-state index in [0.29, 0.717) is 5.41 Å². The Labute approximate surface area is 159 Å². The number of nitrogens with zero attached hydrogens (tertiary/aromatic N) is 3. The molecule has 2 amide bonds. The second-order valence-electron chi connectivity index (χ2n) is 7.68. The van der Waals surface area contributed by atoms with E-state index in [1.807, 2.05) is 35.2 Å². The Morgan fingerprint density at radius 1 is 1.00 bits per heavy atom. The van der Waals surface area contributed by atoms with Crippen LogP contribution in [-0.2, 0) is 4.79 Å². The van der Waals surface area contributed by atoms with Crippen LogP contribution < -0.4 is 5.32 Å². The van der Waals surface area contributed by atoms with Crippen LogP contribution in [0.4, 0.5) is 0 Å². The summed E-state index contributed by atoms with van der Waals surface area (Å²) >= 11 is 0. The molecule has 2 aliphatic rings. The Hall–Kier alpha value is -2.76. The van der Waals surface area contributed by atoms with Gasteiger partial charge in [0, 0.05) is 31.0 Å². The van der Waals surface area contributed by atoms with Gasteiger partial charge in [-0.1, -0.05) is 30.3 Å². The van der Waals surface area contributed by atoms with Crippen molar-refractivity contribution in [2.45, 2.75) is 38.6 Å². The molecule has 27 heavy (non-hydrogen) atoms. The highest BCUT2D eigenvalue weighted by atomic mass is 16.2. The monoisotopic (exact) mass is 364 g/mol. The van der Waals surface area contributed by atoms with Crippen molar-refractivity contribution in [1.82, 2.24) is 20.2 Å². The summed E-state index contributed by atoms with van der Waals surface area (Å²) in [5.41, 5.74) is 2.36. The number of benzene rings is 1. The summed E-state index contributed by atoms with van der Waals surface area (Å²) in [6.07, 6.45) is 8.04. The first-order chi connectivity index (χ1) is 13.1. The van der Waals surface area contributed by atoms with Crippen molar-refractivity contribution in [3.63, 3.8) is 0 Å². The molecule has 1 saturated carbocycles. The first-order valence-electron chi connectivity index (χ1n) is 9.53. The molecule has 6 heteroatoms. The summed E-state index contributed by atoms with van der Waals surface area (Å²) in [6, 6.07) is 9.16. The lowest BCUT2D eigenvalue weighted by atomic mass is 9.93. The first-order valence-corrected chi connectivity index (χ1v) is 9.53. The van der Waals surface area contributed by atoms with Crippen LogP contribution in [0.2, 0.25) is 0 Å². The second-order valence-corrected chi connectivity index (χ2v) is 7.68. The minimum atomic E-state index is -0.580. The lowest BCUT2D eigenvalue weighted by molar-refractivity contribution is -0.134. The zero-order valence-electron chi connectivity index (χ0n) is 15.5. The van der Waals surface area contributed by atoms with Gasteiger partial charge in [0.15, 0.2) is 0 Å². The molecule has 0 radical (unpaired) electrons. The Morgan fingerprint density at radius 2 is 1.63 bits per heavy atom. The number of nitrogens with one attached hydrogen (secondary N) is 1. The SMILES string of the molecule is C[C@H](NC(=O)c1ncc(-c2ccccc2)cn1)C(=O)N1CCC2(CC1)CC2. The van der Waals surface area contributed by atoms with Crippen LogP contribution in [0.15, 0.2) is 42.7 Å². The van der Waals surface area contributed by atoms with Crippen LogP contribution >= 0.6 is 0 Å². The van der Waals surface area contributed by atoms with Crippen LogP contribution in [-0.4, -0.2) is 45.8 Å². The number of amides is 2. The van der Waals surface area contributed by atoms with Gasteiger partial charge in [0.05, 0.1) is 0 Å². The minimum Gasteiger partial charge on any atom is -0.341 e. The zero-order chi connectivity index (χ0) is 18.9. The van der Waals surface area contributed by atoms with Crippen molar-refractivity contribution in [3.8, 4) is 11.1 Å². The fourth-order valence-electron chi connectivity index (χ4n) is 3.70. The fraction of sp³-hybridized carbons (Fsp3) is 0.429. The summed E-state index contributed by atoms with van der Waals surface area (Å²) in [6.45, 7) is 3.31. The predicted molar refractivity (Wildman–Crippen MR) is 102 cm³/mol. The van der Waals surface area contributed by atoms with E-state index < -0.39 is 11.9 Å². The Bertz CT molecular complexity index is 821. The number of hydrogen-bond acceptors (Lipinski definition) is 4. The van der Waals surface area contributed by atoms with E-state index in [0.717, 1.165) is 37.1 Å². The topological polar surface area (TPSA) is 75.2 Å². The molecule has 1 saturated heterocycles. The second kappa shape index (κ2) is 7.10. The zero-order valence-corrected chi connectivity index (χ0v) is 15.5. The highest BCUT2D eigenvalue weighted by Gasteiger charge is 2.45. The van der Waals surface area contributed by atoms with E-state index in [1.54, 1.807) is 19.3 Å². The van der Waals surface area contributed by atoms with E-state index in [1.165, 1.54) is 12.8 Å². The molecule has 1 aliphatic heterocycles. The predicted octanol–water partition coefficient (Wildman–Crippen LogP) is 2.66. The highest BCUT2D eigenvalue weighted by molar-refractivity contribution is 5.94. The highest BCUT2D eigenvalue weighted by Crippen LogP contribution is 2.53. The van der Waals surface area contributed by atoms with Crippen molar-refractivity contribution in [3.05, 3.63) is 48.5 Å². The third-order valence-electron chi connectivity index (χ3n) is 5.77. The normalized spacial score (nSPS) is 18.8. The van der Waals surface area contributed by atoms with Crippen LogP contribution in [0.25, 0.3) is 11.1 Å². The molecule has 1 atom stereocenters. The van der Waals surface area contributed by atoms with Crippen LogP contribution in [0.1, 0.15) is 43.2 Å². The van der Waals surface area contributed by atoms with E-state index in [9.17, 15) is 9.59 Å². The standard InChI is InChI=1S/C21H24N4O2/c1-15(20(27)25-11-9-21(7-8-21)10-12-25)24-19(26)18-22-13-17(14-23-18)16-5-3-2-4-6-16/h2-6,13-15H,7-12H2,1H3,(H,24,26)/t15-/m0/s1. The summed E-state index contributed by atoms with van der Waals surface area (Å²) in [4.78, 5) is 35.2. The number of likely N-dealkylation sites (tertiary alicyclic amines) is 1. The molecular weight excluding hydrogens is 340 g/mol. The maximum Gasteiger partial charge on any atom is 0.289 e. The summed E-state index contributed by atoms with van der Waals surface area (Å²) in [5, 5.41) is 2.73. The van der Waals surface area contributed by atoms with Crippen molar-refractivity contribution >= 4 is 11.8 Å². The lowest BCUT2D eigenvalue weighted by Crippen LogP contribution is -2.49. The molecule has 1 spiro atoms. The molecular formula is C21H24N4O2. The van der Waals surface area contributed by atoms with Gasteiger partial charge in [0.2, 0.25) is 11.7 Å². The van der Waals surface area contributed by atoms with Gasteiger partial charge in [-0.05, 0) is 43.6 Å². The maximum atomic E-state index is 12.6. The van der Waals surface area contributed by atoms with Gasteiger partial charge in [-0.25, -0.2) is 9.97 Å². The molecule has 1 aliphatic carbocycles. The quantitative estimate of drug-likeness (QED) is 0.905. The largest absolute Gasteiger partial charge is 0.341 e. The van der Waals surface area contributed by atoms with Crippen LogP contribution in [0.5, 0.6) is 0 Å². The number of hydrogen-bond donors (Lipinski definition) is 1. The molecule has 140 valence electrons. The van der Waals surface area contributed by atoms with Gasteiger partial charge >= 0.3 is 0 Å². The van der Waals surface area contributed by atoms with Gasteiger partial charge in [-0.2, -0.15) is 0 Å². The number of aromatic nitrogens is 2. The third-order valence-corrected chi connectivity index (χ3v) is 5.77. The Morgan fingerprint density at radius 3 is 2.22 bits per heavy atom. The Balaban J connectivity index is 1.34. The molecule has 0 bridgehead atoms. The van der Waals surface area contributed by atoms with Gasteiger partial charge in [0.25, 0.3) is 5.91 Å². The first kappa shape index (κ1) is 17.6. The molecule has 2 fully saturated rings. The number of piperidine rings is 1. The maximum absolute atomic E-state index is 12.6. The summed E-state index contributed by atoms with van der Waals surface area (Å²) in [5.74, 6) is -0.379. The summed E-state index contributed by atoms with van der Waals surface area (Å²) < 4.78 is 0. The molecule has 2 aromatic rings. The summed E-state index contributed by atoms with van der Waals surface area (Å²) in [7, 11) is 0. The molecule has 1 aromatic carbocycles. The van der Waals surface area contributed by atoms with Gasteiger partial charge in [-0.3, -0.25) is 9.59 Å². The average Bonchev–Trinajstić information content (AvgIpc) is 3.47. The number of carbonyl (C=O) groups is 2. The molecule has 0 unspecified atom stereocenters. The van der Waals surface area contributed by atoms with E-state index in [4.69, 9.17) is 0 Å². The van der Waals surface area contributed by atoms with Gasteiger partial charge in [-0.15, -0.1) is 0 Å². The van der Waals surface area contributed by atoms with Crippen molar-refractivity contribution in [2.24, 2.45) is 5.41 Å². The van der Waals surface area contributed by atoms with Gasteiger partial charge < -0.3 is 10.2 Å². The number of rotatable bonds is 4. The van der Waals surface area contributed by atoms with E-state index in [2.05, 4.69) is 15.3 Å². The fourth-order valence-corrected chi connectivity index (χ4v) is 3.70. The third kappa shape index (κ3) is 3.84. The molecule has 1 N–H and O–H groups in total. The Kier molecular flexibility index (Phi) is 4.64. The van der Waals surface area contributed by atoms with E-state index in [-0.39, 0.29) is 11.7 Å². The number of carbonyl (C=O) groups excluding carboxylic acids is 2.